The number of aliphatic hydroxyl groups excluding tert-OH is 1. The van der Waals surface area contributed by atoms with Crippen molar-refractivity contribution in [3.05, 3.63) is 0 Å². The van der Waals surface area contributed by atoms with Gasteiger partial charge in [0, 0.05) is 12.5 Å². The molecule has 2 nitrogen and oxygen atoms in total. The molecule has 0 saturated heterocycles. The van der Waals surface area contributed by atoms with Gasteiger partial charge in [0.2, 0.25) is 0 Å². The van der Waals surface area contributed by atoms with Crippen molar-refractivity contribution < 1.29 is 9.90 Å². The Morgan fingerprint density at radius 2 is 2.20 bits per heavy atom. The molecule has 1 N–H and O–H groups in total. The summed E-state index contributed by atoms with van der Waals surface area (Å²) in [6.07, 6.45) is 7.28. The Morgan fingerprint density at radius 1 is 1.40 bits per heavy atom. The van der Waals surface area contributed by atoms with E-state index >= 15 is 0 Å². The first-order valence-electron chi connectivity index (χ1n) is 6.32. The largest absolute Gasteiger partial charge is 0.396 e. The van der Waals surface area contributed by atoms with Gasteiger partial charge in [-0.05, 0) is 56.8 Å². The van der Waals surface area contributed by atoms with Crippen molar-refractivity contribution in [2.75, 3.05) is 6.61 Å². The molecule has 0 amide bonds. The quantitative estimate of drug-likeness (QED) is 0.756. The maximum absolute atomic E-state index is 11.4. The van der Waals surface area contributed by atoms with E-state index in [1.165, 1.54) is 25.7 Å². The molecule has 0 aliphatic heterocycles. The maximum atomic E-state index is 11.4. The number of Topliss-reactive ketones (excluding diaryl/α,β-unsaturated/α-hetero) is 1. The maximum Gasteiger partial charge on any atom is 0.133 e. The van der Waals surface area contributed by atoms with Crippen LogP contribution in [-0.4, -0.2) is 17.5 Å². The summed E-state index contributed by atoms with van der Waals surface area (Å²) in [6.45, 7) is 1.83. The van der Waals surface area contributed by atoms with E-state index in [1.54, 1.807) is 6.92 Å². The molecule has 2 fully saturated rings. The topological polar surface area (TPSA) is 37.3 Å². The molecule has 2 bridgehead atoms. The second-order valence-corrected chi connectivity index (χ2v) is 5.49. The van der Waals surface area contributed by atoms with Crippen LogP contribution < -0.4 is 0 Å². The third-order valence-electron chi connectivity index (χ3n) is 4.52. The Hall–Kier alpha value is -0.370. The number of hydrogen-bond donors (Lipinski definition) is 1. The van der Waals surface area contributed by atoms with Gasteiger partial charge in [0.15, 0.2) is 0 Å². The monoisotopic (exact) mass is 210 g/mol. The second kappa shape index (κ2) is 4.65. The lowest BCUT2D eigenvalue weighted by Crippen LogP contribution is -2.20. The third kappa shape index (κ3) is 2.41. The van der Waals surface area contributed by atoms with E-state index in [1.807, 2.05) is 0 Å². The van der Waals surface area contributed by atoms with Gasteiger partial charge in [-0.25, -0.2) is 0 Å². The molecule has 2 aliphatic carbocycles. The van der Waals surface area contributed by atoms with Gasteiger partial charge in [-0.3, -0.25) is 4.79 Å². The van der Waals surface area contributed by atoms with Crippen LogP contribution in [-0.2, 0) is 4.79 Å². The molecular weight excluding hydrogens is 188 g/mol. The highest BCUT2D eigenvalue weighted by atomic mass is 16.3. The molecule has 2 heteroatoms. The van der Waals surface area contributed by atoms with Crippen molar-refractivity contribution in [1.29, 1.82) is 0 Å². The molecule has 4 atom stereocenters. The Balaban J connectivity index is 1.86. The molecule has 0 heterocycles. The number of aliphatic hydroxyl groups is 1. The minimum atomic E-state index is 0.124. The van der Waals surface area contributed by atoms with Crippen LogP contribution in [0.15, 0.2) is 0 Å². The van der Waals surface area contributed by atoms with Crippen molar-refractivity contribution in [3.63, 3.8) is 0 Å². The number of carbonyl (C=O) groups excluding carboxylic acids is 1. The van der Waals surface area contributed by atoms with Gasteiger partial charge in [0.25, 0.3) is 0 Å². The fraction of sp³-hybridized carbons (Fsp3) is 0.923. The molecular formula is C13H22O2. The zero-order chi connectivity index (χ0) is 10.8. The van der Waals surface area contributed by atoms with Crippen LogP contribution in [0.5, 0.6) is 0 Å². The smallest absolute Gasteiger partial charge is 0.133 e. The predicted octanol–water partition coefficient (Wildman–Crippen LogP) is 2.40. The summed E-state index contributed by atoms with van der Waals surface area (Å²) in [6, 6.07) is 0. The zero-order valence-electron chi connectivity index (χ0n) is 9.61. The van der Waals surface area contributed by atoms with Gasteiger partial charge in [0.05, 0.1) is 0 Å². The molecule has 0 aromatic rings. The molecule has 0 radical (unpaired) electrons. The highest BCUT2D eigenvalue weighted by molar-refractivity contribution is 5.78. The van der Waals surface area contributed by atoms with Crippen LogP contribution in [0.2, 0.25) is 0 Å². The molecule has 2 rings (SSSR count). The molecule has 0 aromatic carbocycles. The molecule has 2 aliphatic rings. The van der Waals surface area contributed by atoms with Gasteiger partial charge < -0.3 is 5.11 Å². The van der Waals surface area contributed by atoms with E-state index in [0.717, 1.165) is 24.2 Å². The van der Waals surface area contributed by atoms with Crippen molar-refractivity contribution in [2.24, 2.45) is 23.7 Å². The summed E-state index contributed by atoms with van der Waals surface area (Å²) in [5, 5.41) is 8.94. The van der Waals surface area contributed by atoms with Gasteiger partial charge in [-0.1, -0.05) is 6.42 Å². The highest BCUT2D eigenvalue weighted by Crippen LogP contribution is 2.50. The van der Waals surface area contributed by atoms with E-state index in [0.29, 0.717) is 6.42 Å². The lowest BCUT2D eigenvalue weighted by molar-refractivity contribution is -0.121. The van der Waals surface area contributed by atoms with Gasteiger partial charge in [-0.2, -0.15) is 0 Å². The molecule has 0 aromatic heterocycles. The molecule has 2 saturated carbocycles. The van der Waals surface area contributed by atoms with Crippen LogP contribution in [0.1, 0.15) is 45.4 Å². The SMILES string of the molecule is CC(=O)C(CCO)CC1CC2CCC1C2. The minimum Gasteiger partial charge on any atom is -0.396 e. The first kappa shape index (κ1) is 11.1. The fourth-order valence-corrected chi connectivity index (χ4v) is 3.67. The van der Waals surface area contributed by atoms with Gasteiger partial charge in [-0.15, -0.1) is 0 Å². The number of ketones is 1. The molecule has 86 valence electrons. The molecule has 0 spiro atoms. The van der Waals surface area contributed by atoms with Gasteiger partial charge >= 0.3 is 0 Å². The van der Waals surface area contributed by atoms with Crippen molar-refractivity contribution >= 4 is 5.78 Å². The lowest BCUT2D eigenvalue weighted by Gasteiger charge is -2.25. The summed E-state index contributed by atoms with van der Waals surface area (Å²) in [4.78, 5) is 11.4. The standard InChI is InChI=1S/C13H22O2/c1-9(15)11(4-5-14)8-13-7-10-2-3-12(13)6-10/h10-14H,2-8H2,1H3. The van der Waals surface area contributed by atoms with Crippen LogP contribution in [0, 0.1) is 23.7 Å². The number of hydrogen-bond acceptors (Lipinski definition) is 2. The zero-order valence-corrected chi connectivity index (χ0v) is 9.61. The Morgan fingerprint density at radius 3 is 2.67 bits per heavy atom. The van der Waals surface area contributed by atoms with E-state index in [4.69, 9.17) is 5.11 Å². The van der Waals surface area contributed by atoms with Crippen LogP contribution in [0.4, 0.5) is 0 Å². The predicted molar refractivity (Wildman–Crippen MR) is 59.4 cm³/mol. The first-order chi connectivity index (χ1) is 7.20. The summed E-state index contributed by atoms with van der Waals surface area (Å²) in [5.74, 6) is 3.03. The lowest BCUT2D eigenvalue weighted by atomic mass is 9.80. The Labute approximate surface area is 92.1 Å². The number of carbonyl (C=O) groups is 1. The number of rotatable bonds is 5. The second-order valence-electron chi connectivity index (χ2n) is 5.49. The normalized spacial score (nSPS) is 35.7. The summed E-state index contributed by atoms with van der Waals surface area (Å²) in [7, 11) is 0. The van der Waals surface area contributed by atoms with E-state index in [2.05, 4.69) is 0 Å². The van der Waals surface area contributed by atoms with Crippen molar-refractivity contribution in [1.82, 2.24) is 0 Å². The average Bonchev–Trinajstić information content (AvgIpc) is 2.78. The average molecular weight is 210 g/mol. The number of fused-ring (bicyclic) bond motifs is 2. The van der Waals surface area contributed by atoms with Crippen LogP contribution in [0.25, 0.3) is 0 Å². The van der Waals surface area contributed by atoms with Crippen molar-refractivity contribution in [3.8, 4) is 0 Å². The Bertz CT molecular complexity index is 237. The van der Waals surface area contributed by atoms with Crippen molar-refractivity contribution in [2.45, 2.75) is 45.4 Å². The van der Waals surface area contributed by atoms with E-state index in [-0.39, 0.29) is 18.3 Å². The third-order valence-corrected chi connectivity index (χ3v) is 4.52. The van der Waals surface area contributed by atoms with Crippen LogP contribution in [0.3, 0.4) is 0 Å². The first-order valence-corrected chi connectivity index (χ1v) is 6.32. The Kier molecular flexibility index (Phi) is 3.45. The summed E-state index contributed by atoms with van der Waals surface area (Å²) < 4.78 is 0. The van der Waals surface area contributed by atoms with Gasteiger partial charge in [0.1, 0.15) is 5.78 Å². The molecule has 4 unspecified atom stereocenters. The van der Waals surface area contributed by atoms with Crippen LogP contribution >= 0.6 is 0 Å². The molecule has 15 heavy (non-hydrogen) atoms. The van der Waals surface area contributed by atoms with E-state index in [9.17, 15) is 4.79 Å². The fourth-order valence-electron chi connectivity index (χ4n) is 3.67. The summed E-state index contributed by atoms with van der Waals surface area (Å²) in [5.41, 5.74) is 0. The minimum absolute atomic E-state index is 0.124. The summed E-state index contributed by atoms with van der Waals surface area (Å²) >= 11 is 0. The van der Waals surface area contributed by atoms with E-state index < -0.39 is 0 Å². The highest BCUT2D eigenvalue weighted by Gasteiger charge is 2.40.